The molecule has 53 valence electrons. The van der Waals surface area contributed by atoms with Crippen LogP contribution in [0.15, 0.2) is 0 Å². The molecule has 0 N–H and O–H groups in total. The molecule has 10 heavy (non-hydrogen) atoms. The van der Waals surface area contributed by atoms with Crippen molar-refractivity contribution in [2.75, 3.05) is 0 Å². The van der Waals surface area contributed by atoms with Gasteiger partial charge in [-0.2, -0.15) is 0 Å². The molecule has 1 radical (unpaired) electrons. The summed E-state index contributed by atoms with van der Waals surface area (Å²) in [5.74, 6) is -2.17. The van der Waals surface area contributed by atoms with Gasteiger partial charge in [-0.05, 0) is 13.8 Å². The summed E-state index contributed by atoms with van der Waals surface area (Å²) in [6.07, 6.45) is 0. The van der Waals surface area contributed by atoms with E-state index in [1.807, 2.05) is 0 Å². The molecule has 6 heteroatoms. The Morgan fingerprint density at radius 1 is 1.00 bits per heavy atom. The van der Waals surface area contributed by atoms with Gasteiger partial charge in [0, 0.05) is 11.9 Å². The first kappa shape index (κ1) is 22.4. The second kappa shape index (κ2) is 16.2. The van der Waals surface area contributed by atoms with Gasteiger partial charge in [0.05, 0.1) is 0 Å². The zero-order chi connectivity index (χ0) is 7.15. The van der Waals surface area contributed by atoms with Crippen LogP contribution in [-0.2, 0) is 26.7 Å². The molecule has 0 bridgehead atoms. The first-order chi connectivity index (χ1) is 3.46. The van der Waals surface area contributed by atoms with Gasteiger partial charge < -0.3 is 19.8 Å². The molecular formula is C4H6MnNaO4+. The van der Waals surface area contributed by atoms with Crippen molar-refractivity contribution in [3.63, 3.8) is 0 Å². The standard InChI is InChI=1S/2C2H4O2.Mn.Na/c2*1-2(3)4;;/h2*1H3,(H,3,4);;/q;;+2;+1/p-2. The van der Waals surface area contributed by atoms with Crippen LogP contribution < -0.4 is 39.8 Å². The minimum Gasteiger partial charge on any atom is -0.550 e. The molecule has 0 fully saturated rings. The Morgan fingerprint density at radius 2 is 1.00 bits per heavy atom. The number of carbonyl (C=O) groups excluding carboxylic acids is 2. The number of hydrogen-bond donors (Lipinski definition) is 0. The van der Waals surface area contributed by atoms with E-state index in [9.17, 15) is 0 Å². The fourth-order valence-electron chi connectivity index (χ4n) is 0. The van der Waals surface area contributed by atoms with Gasteiger partial charge in [-0.25, -0.2) is 0 Å². The first-order valence-electron chi connectivity index (χ1n) is 1.82. The third kappa shape index (κ3) is 2230. The summed E-state index contributed by atoms with van der Waals surface area (Å²) < 4.78 is 0. The number of hydrogen-bond acceptors (Lipinski definition) is 4. The summed E-state index contributed by atoms with van der Waals surface area (Å²) >= 11 is 0. The quantitative estimate of drug-likeness (QED) is 0.362. The molecule has 0 aromatic rings. The Bertz CT molecular complexity index is 75.3. The predicted octanol–water partition coefficient (Wildman–Crippen LogP) is -5.49. The molecule has 0 aliphatic carbocycles. The van der Waals surface area contributed by atoms with Gasteiger partial charge >= 0.3 is 46.6 Å². The van der Waals surface area contributed by atoms with Crippen molar-refractivity contribution in [2.45, 2.75) is 13.8 Å². The normalized spacial score (nSPS) is 5.00. The molecular weight excluding hydrogens is 190 g/mol. The van der Waals surface area contributed by atoms with Crippen LogP contribution in [0.5, 0.6) is 0 Å². The largest absolute Gasteiger partial charge is 2.00 e. The molecule has 0 aromatic heterocycles. The average molecular weight is 196 g/mol. The van der Waals surface area contributed by atoms with Gasteiger partial charge in [0.25, 0.3) is 0 Å². The van der Waals surface area contributed by atoms with E-state index in [0.29, 0.717) is 0 Å². The van der Waals surface area contributed by atoms with Crippen molar-refractivity contribution >= 4 is 11.9 Å². The molecule has 0 saturated heterocycles. The molecule has 0 amide bonds. The van der Waals surface area contributed by atoms with E-state index in [4.69, 9.17) is 19.8 Å². The van der Waals surface area contributed by atoms with E-state index in [-0.39, 0.29) is 46.6 Å². The topological polar surface area (TPSA) is 80.3 Å². The fourth-order valence-corrected chi connectivity index (χ4v) is 0. The molecule has 0 unspecified atom stereocenters. The van der Waals surface area contributed by atoms with Crippen molar-refractivity contribution in [1.82, 2.24) is 0 Å². The van der Waals surface area contributed by atoms with Crippen LogP contribution in [-0.4, -0.2) is 11.9 Å². The zero-order valence-corrected chi connectivity index (χ0v) is 9.19. The molecule has 0 spiro atoms. The van der Waals surface area contributed by atoms with Crippen LogP contribution in [0.1, 0.15) is 13.8 Å². The number of rotatable bonds is 0. The van der Waals surface area contributed by atoms with E-state index in [0.717, 1.165) is 13.8 Å². The zero-order valence-electron chi connectivity index (χ0n) is 6.01. The molecule has 0 atom stereocenters. The van der Waals surface area contributed by atoms with Crippen molar-refractivity contribution in [3.05, 3.63) is 0 Å². The van der Waals surface area contributed by atoms with Crippen LogP contribution in [0.2, 0.25) is 0 Å². The number of carboxylic acids is 2. The summed E-state index contributed by atoms with van der Waals surface area (Å²) in [7, 11) is 0. The van der Waals surface area contributed by atoms with Gasteiger partial charge in [0.15, 0.2) is 0 Å². The van der Waals surface area contributed by atoms with Gasteiger partial charge in [0.2, 0.25) is 0 Å². The van der Waals surface area contributed by atoms with Crippen molar-refractivity contribution in [3.8, 4) is 0 Å². The Kier molecular flexibility index (Phi) is 36.4. The van der Waals surface area contributed by atoms with Crippen molar-refractivity contribution < 1.29 is 66.4 Å². The first-order valence-corrected chi connectivity index (χ1v) is 1.82. The number of carboxylic acid groups (broad SMARTS) is 2. The van der Waals surface area contributed by atoms with Gasteiger partial charge in [0.1, 0.15) is 0 Å². The maximum Gasteiger partial charge on any atom is 2.00 e. The maximum absolute atomic E-state index is 8.89. The van der Waals surface area contributed by atoms with Crippen LogP contribution in [0.3, 0.4) is 0 Å². The smallest absolute Gasteiger partial charge is 0.550 e. The summed E-state index contributed by atoms with van der Waals surface area (Å²) in [5.41, 5.74) is 0. The maximum atomic E-state index is 8.89. The van der Waals surface area contributed by atoms with Crippen molar-refractivity contribution in [2.24, 2.45) is 0 Å². The van der Waals surface area contributed by atoms with Gasteiger partial charge in [-0.3, -0.25) is 0 Å². The third-order valence-corrected chi connectivity index (χ3v) is 0. The minimum absolute atomic E-state index is 0. The van der Waals surface area contributed by atoms with E-state index >= 15 is 0 Å². The average Bonchev–Trinajstić information content (AvgIpc) is 1.25. The molecule has 0 heterocycles. The Balaban J connectivity index is -0.0000000300. The van der Waals surface area contributed by atoms with E-state index in [2.05, 4.69) is 0 Å². The second-order valence-electron chi connectivity index (χ2n) is 0.983. The Morgan fingerprint density at radius 3 is 1.00 bits per heavy atom. The number of aliphatic carboxylic acids is 2. The molecule has 0 aliphatic rings. The molecule has 4 nitrogen and oxygen atoms in total. The summed E-state index contributed by atoms with van der Waals surface area (Å²) in [5, 5.41) is 17.8. The summed E-state index contributed by atoms with van der Waals surface area (Å²) in [6, 6.07) is 0. The molecule has 0 aliphatic heterocycles. The summed E-state index contributed by atoms with van der Waals surface area (Å²) in [4.78, 5) is 17.8. The van der Waals surface area contributed by atoms with Gasteiger partial charge in [-0.15, -0.1) is 0 Å². The van der Waals surface area contributed by atoms with Crippen LogP contribution >= 0.6 is 0 Å². The second-order valence-corrected chi connectivity index (χ2v) is 0.983. The third-order valence-electron chi connectivity index (χ3n) is 0. The predicted molar refractivity (Wildman–Crippen MR) is 21.4 cm³/mol. The molecule has 0 aromatic carbocycles. The van der Waals surface area contributed by atoms with Crippen molar-refractivity contribution in [1.29, 1.82) is 0 Å². The fraction of sp³-hybridized carbons (Fsp3) is 0.500. The van der Waals surface area contributed by atoms with Crippen LogP contribution in [0.4, 0.5) is 0 Å². The summed E-state index contributed by atoms with van der Waals surface area (Å²) in [6.45, 7) is 1.94. The van der Waals surface area contributed by atoms with E-state index in [1.165, 1.54) is 0 Å². The van der Waals surface area contributed by atoms with Crippen LogP contribution in [0, 0.1) is 0 Å². The number of carbonyl (C=O) groups is 2. The SMILES string of the molecule is CC(=O)[O-].CC(=O)[O-].[Mn+2].[Na+]. The molecule has 0 rings (SSSR count). The minimum atomic E-state index is -1.08. The van der Waals surface area contributed by atoms with E-state index < -0.39 is 11.9 Å². The van der Waals surface area contributed by atoms with Gasteiger partial charge in [-0.1, -0.05) is 0 Å². The van der Waals surface area contributed by atoms with E-state index in [1.54, 1.807) is 0 Å². The monoisotopic (exact) mass is 196 g/mol. The Labute approximate surface area is 91.8 Å². The van der Waals surface area contributed by atoms with Crippen LogP contribution in [0.25, 0.3) is 0 Å². The molecule has 0 saturated carbocycles. The Hall–Kier alpha value is 0.459.